The van der Waals surface area contributed by atoms with Crippen molar-refractivity contribution in [2.45, 2.75) is 6.42 Å². The van der Waals surface area contributed by atoms with E-state index in [1.165, 1.54) is 4.90 Å². The number of carbonyl (C=O) groups is 3. The lowest BCUT2D eigenvalue weighted by atomic mass is 10.1. The fourth-order valence-corrected chi connectivity index (χ4v) is 4.48. The highest BCUT2D eigenvalue weighted by Gasteiger charge is 2.37. The van der Waals surface area contributed by atoms with Crippen molar-refractivity contribution in [3.8, 4) is 0 Å². The Hall–Kier alpha value is -2.26. The zero-order valence-electron chi connectivity index (χ0n) is 15.7. The maximum atomic E-state index is 12.9. The van der Waals surface area contributed by atoms with Gasteiger partial charge in [-0.25, -0.2) is 0 Å². The van der Waals surface area contributed by atoms with Gasteiger partial charge in [0.05, 0.1) is 39.2 Å². The van der Waals surface area contributed by atoms with Gasteiger partial charge in [-0.05, 0) is 30.7 Å². The van der Waals surface area contributed by atoms with Gasteiger partial charge in [-0.1, -0.05) is 17.7 Å². The van der Waals surface area contributed by atoms with Crippen LogP contribution < -0.4 is 5.32 Å². The summed E-state index contributed by atoms with van der Waals surface area (Å²) < 4.78 is 5.84. The van der Waals surface area contributed by atoms with Gasteiger partial charge in [-0.3, -0.25) is 24.2 Å². The number of ether oxygens (including phenoxy) is 1. The normalized spacial score (nSPS) is 16.9. The Morgan fingerprint density at radius 2 is 1.90 bits per heavy atom. The molecule has 2 aliphatic heterocycles. The summed E-state index contributed by atoms with van der Waals surface area (Å²) in [5.41, 5.74) is 0.911. The van der Waals surface area contributed by atoms with E-state index in [0.717, 1.165) is 31.0 Å². The fraction of sp³-hybridized carbons (Fsp3) is 0.350. The van der Waals surface area contributed by atoms with Gasteiger partial charge in [0.15, 0.2) is 0 Å². The quantitative estimate of drug-likeness (QED) is 0.708. The molecule has 29 heavy (non-hydrogen) atoms. The van der Waals surface area contributed by atoms with Crippen LogP contribution in [-0.4, -0.2) is 66.9 Å². The number of fused-ring (bicyclic) bond motifs is 1. The average molecular weight is 434 g/mol. The van der Waals surface area contributed by atoms with E-state index in [4.69, 9.17) is 16.3 Å². The topological polar surface area (TPSA) is 79.0 Å². The van der Waals surface area contributed by atoms with Crippen LogP contribution in [0.3, 0.4) is 0 Å². The lowest BCUT2D eigenvalue weighted by Gasteiger charge is -2.27. The first-order valence-electron chi connectivity index (χ1n) is 9.40. The van der Waals surface area contributed by atoms with Crippen molar-refractivity contribution < 1.29 is 19.1 Å². The van der Waals surface area contributed by atoms with E-state index in [-0.39, 0.29) is 23.3 Å². The number of carbonyl (C=O) groups excluding carboxylic acids is 3. The molecule has 1 saturated heterocycles. The molecule has 9 heteroatoms. The van der Waals surface area contributed by atoms with Gasteiger partial charge < -0.3 is 10.1 Å². The van der Waals surface area contributed by atoms with Crippen LogP contribution in [-0.2, 0) is 4.74 Å². The maximum Gasteiger partial charge on any atom is 0.265 e. The van der Waals surface area contributed by atoms with Gasteiger partial charge in [0.1, 0.15) is 0 Å². The molecule has 2 aromatic rings. The Morgan fingerprint density at radius 3 is 2.62 bits per heavy atom. The average Bonchev–Trinajstić information content (AvgIpc) is 3.26. The molecule has 0 saturated carbocycles. The first-order valence-corrected chi connectivity index (χ1v) is 10.6. The van der Waals surface area contributed by atoms with Gasteiger partial charge in [-0.15, -0.1) is 11.3 Å². The summed E-state index contributed by atoms with van der Waals surface area (Å²) >= 11 is 7.04. The minimum absolute atomic E-state index is 0.250. The molecule has 7 nitrogen and oxygen atoms in total. The number of nitrogens with zero attached hydrogens (tertiary/aromatic N) is 2. The summed E-state index contributed by atoms with van der Waals surface area (Å²) in [5.74, 6) is -1.05. The summed E-state index contributed by atoms with van der Waals surface area (Å²) in [4.78, 5) is 42.1. The maximum absolute atomic E-state index is 12.9. The van der Waals surface area contributed by atoms with E-state index in [0.29, 0.717) is 46.6 Å². The number of thiophene rings is 1. The van der Waals surface area contributed by atoms with Crippen LogP contribution in [0.4, 0.5) is 5.69 Å². The zero-order chi connectivity index (χ0) is 20.4. The fourth-order valence-electron chi connectivity index (χ4n) is 3.54. The Labute approximate surface area is 177 Å². The largest absolute Gasteiger partial charge is 0.379 e. The van der Waals surface area contributed by atoms with Gasteiger partial charge in [0.25, 0.3) is 17.7 Å². The molecule has 0 bridgehead atoms. The summed E-state index contributed by atoms with van der Waals surface area (Å²) in [7, 11) is 0. The van der Waals surface area contributed by atoms with Crippen molar-refractivity contribution in [1.29, 1.82) is 0 Å². The smallest absolute Gasteiger partial charge is 0.265 e. The van der Waals surface area contributed by atoms with Crippen LogP contribution >= 0.6 is 22.9 Å². The van der Waals surface area contributed by atoms with Crippen molar-refractivity contribution in [2.24, 2.45) is 0 Å². The number of halogens is 1. The molecule has 1 aromatic carbocycles. The van der Waals surface area contributed by atoms with Crippen molar-refractivity contribution in [3.63, 3.8) is 0 Å². The van der Waals surface area contributed by atoms with Crippen LogP contribution in [0.25, 0.3) is 0 Å². The summed E-state index contributed by atoms with van der Waals surface area (Å²) in [6.07, 6.45) is 0.695. The van der Waals surface area contributed by atoms with E-state index in [1.807, 2.05) is 0 Å². The first-order chi connectivity index (χ1) is 14.0. The molecule has 0 aliphatic carbocycles. The van der Waals surface area contributed by atoms with Crippen molar-refractivity contribution in [1.82, 2.24) is 9.80 Å². The second kappa shape index (κ2) is 8.62. The predicted molar refractivity (Wildman–Crippen MR) is 111 cm³/mol. The molecule has 0 radical (unpaired) electrons. The van der Waals surface area contributed by atoms with Crippen molar-refractivity contribution in [2.75, 3.05) is 44.7 Å². The van der Waals surface area contributed by atoms with Crippen LogP contribution in [0.15, 0.2) is 30.3 Å². The second-order valence-electron chi connectivity index (χ2n) is 6.86. The third-order valence-electron chi connectivity index (χ3n) is 5.00. The Kier molecular flexibility index (Phi) is 5.96. The second-order valence-corrected chi connectivity index (χ2v) is 8.57. The van der Waals surface area contributed by atoms with E-state index in [2.05, 4.69) is 10.2 Å². The number of amides is 3. The minimum atomic E-state index is -0.368. The molecule has 1 aromatic heterocycles. The lowest BCUT2D eigenvalue weighted by Crippen LogP contribution is -2.39. The number of anilines is 1. The Bertz CT molecular complexity index is 955. The molecule has 152 valence electrons. The van der Waals surface area contributed by atoms with Crippen molar-refractivity contribution in [3.05, 3.63) is 50.7 Å². The highest BCUT2D eigenvalue weighted by Crippen LogP contribution is 2.30. The summed E-state index contributed by atoms with van der Waals surface area (Å²) in [6.45, 7) is 4.31. The molecule has 1 fully saturated rings. The molecule has 4 rings (SSSR count). The standard InChI is InChI=1S/C20H20ClN3O4S/c21-16-6-5-15(29-16)18(25)22-14-4-1-3-13-17(14)20(27)24(19(13)26)8-2-7-23-9-11-28-12-10-23/h1,3-6H,2,7-12H2,(H,22,25). The van der Waals surface area contributed by atoms with Crippen molar-refractivity contribution >= 4 is 46.3 Å². The molecular weight excluding hydrogens is 414 g/mol. The molecule has 0 spiro atoms. The number of nitrogens with one attached hydrogen (secondary N) is 1. The molecule has 0 atom stereocenters. The number of rotatable bonds is 6. The molecule has 1 N–H and O–H groups in total. The van der Waals surface area contributed by atoms with E-state index in [9.17, 15) is 14.4 Å². The van der Waals surface area contributed by atoms with Crippen LogP contribution in [0.1, 0.15) is 36.8 Å². The van der Waals surface area contributed by atoms with Gasteiger partial charge in [0.2, 0.25) is 0 Å². The third kappa shape index (κ3) is 4.20. The zero-order valence-corrected chi connectivity index (χ0v) is 17.2. The molecule has 3 heterocycles. The Balaban J connectivity index is 1.45. The first kappa shape index (κ1) is 20.0. The van der Waals surface area contributed by atoms with Gasteiger partial charge in [0, 0.05) is 26.2 Å². The number of hydrogen-bond acceptors (Lipinski definition) is 6. The number of morpholine rings is 1. The van der Waals surface area contributed by atoms with Gasteiger partial charge in [-0.2, -0.15) is 0 Å². The van der Waals surface area contributed by atoms with E-state index >= 15 is 0 Å². The third-order valence-corrected chi connectivity index (χ3v) is 6.23. The molecule has 2 aliphatic rings. The molecule has 0 unspecified atom stereocenters. The van der Waals surface area contributed by atoms with Crippen LogP contribution in [0.5, 0.6) is 0 Å². The highest BCUT2D eigenvalue weighted by molar-refractivity contribution is 7.18. The van der Waals surface area contributed by atoms with E-state index in [1.54, 1.807) is 30.3 Å². The Morgan fingerprint density at radius 1 is 1.10 bits per heavy atom. The predicted octanol–water partition coefficient (Wildman–Crippen LogP) is 2.97. The van der Waals surface area contributed by atoms with Crippen LogP contribution in [0.2, 0.25) is 4.34 Å². The monoisotopic (exact) mass is 433 g/mol. The number of imide groups is 1. The summed E-state index contributed by atoms with van der Waals surface area (Å²) in [6, 6.07) is 8.18. The molecule has 3 amide bonds. The minimum Gasteiger partial charge on any atom is -0.379 e. The SMILES string of the molecule is O=C(Nc1cccc2c1C(=O)N(CCCN1CCOCC1)C2=O)c1ccc(Cl)s1. The highest BCUT2D eigenvalue weighted by atomic mass is 35.5. The lowest BCUT2D eigenvalue weighted by molar-refractivity contribution is 0.0355. The van der Waals surface area contributed by atoms with Gasteiger partial charge >= 0.3 is 0 Å². The van der Waals surface area contributed by atoms with Crippen LogP contribution in [0, 0.1) is 0 Å². The number of benzene rings is 1. The number of hydrogen-bond donors (Lipinski definition) is 1. The molecular formula is C20H20ClN3O4S. The summed E-state index contributed by atoms with van der Waals surface area (Å²) in [5, 5.41) is 2.74. The van der Waals surface area contributed by atoms with E-state index < -0.39 is 0 Å².